The molecule has 0 spiro atoms. The minimum atomic E-state index is -4.08. The van der Waals surface area contributed by atoms with Gasteiger partial charge in [0.1, 0.15) is 22.4 Å². The fourth-order valence-electron chi connectivity index (χ4n) is 4.25. The number of esters is 1. The highest BCUT2D eigenvalue weighted by molar-refractivity contribution is 7.89. The average Bonchev–Trinajstić information content (AvgIpc) is 3.05. The number of fused-ring (bicyclic) bond motifs is 1. The maximum absolute atomic E-state index is 13.9. The van der Waals surface area contributed by atoms with Crippen LogP contribution in [0.1, 0.15) is 63.8 Å². The molecule has 33 heavy (non-hydrogen) atoms. The van der Waals surface area contributed by atoms with Crippen LogP contribution in [0.2, 0.25) is 0 Å². The lowest BCUT2D eigenvalue weighted by Gasteiger charge is -2.41. The fourth-order valence-corrected chi connectivity index (χ4v) is 6.26. The van der Waals surface area contributed by atoms with Gasteiger partial charge in [0.2, 0.25) is 15.9 Å². The summed E-state index contributed by atoms with van der Waals surface area (Å²) in [5, 5.41) is 0. The molecule has 1 heterocycles. The van der Waals surface area contributed by atoms with E-state index < -0.39 is 38.6 Å². The summed E-state index contributed by atoms with van der Waals surface area (Å²) in [7, 11) is 0.0379. The summed E-state index contributed by atoms with van der Waals surface area (Å²) in [6.45, 7) is 15.5. The number of carbonyl (C=O) groups excluding carboxylic acids is 2. The average molecular weight is 483 g/mol. The van der Waals surface area contributed by atoms with Crippen molar-refractivity contribution in [2.75, 3.05) is 21.2 Å². The molecule has 0 radical (unpaired) electrons. The SMILES string of the molecule is COC(=O)C(C)(C)N(C)C(=O)C(C)(C)N(C)S(=O)(=O)c1c(C)c(C)c2c(c1C)CC(C)(C)O2. The molecule has 0 N–H and O–H groups in total. The number of amides is 1. The van der Waals surface area contributed by atoms with E-state index in [1.807, 2.05) is 20.8 Å². The van der Waals surface area contributed by atoms with E-state index in [0.29, 0.717) is 17.5 Å². The smallest absolute Gasteiger partial charge is 0.331 e. The van der Waals surface area contributed by atoms with Crippen molar-refractivity contribution in [2.45, 2.75) is 90.3 Å². The molecule has 1 aliphatic heterocycles. The van der Waals surface area contributed by atoms with E-state index in [1.54, 1.807) is 27.7 Å². The van der Waals surface area contributed by atoms with Crippen molar-refractivity contribution in [1.29, 1.82) is 0 Å². The molecule has 0 aliphatic carbocycles. The zero-order valence-corrected chi connectivity index (χ0v) is 22.8. The molecule has 0 atom stereocenters. The first-order valence-electron chi connectivity index (χ1n) is 10.9. The molecule has 2 rings (SSSR count). The van der Waals surface area contributed by atoms with Gasteiger partial charge in [-0.05, 0) is 79.0 Å². The van der Waals surface area contributed by atoms with Crippen LogP contribution in [0.3, 0.4) is 0 Å². The molecule has 0 unspecified atom stereocenters. The third-order valence-corrected chi connectivity index (χ3v) is 9.35. The van der Waals surface area contributed by atoms with E-state index in [4.69, 9.17) is 9.47 Å². The Balaban J connectivity index is 2.59. The quantitative estimate of drug-likeness (QED) is 0.579. The second-order valence-corrected chi connectivity index (χ2v) is 12.4. The zero-order valence-electron chi connectivity index (χ0n) is 22.0. The number of ether oxygens (including phenoxy) is 2. The van der Waals surface area contributed by atoms with Crippen LogP contribution >= 0.6 is 0 Å². The third kappa shape index (κ3) is 4.25. The Morgan fingerprint density at radius 1 is 0.970 bits per heavy atom. The molecular weight excluding hydrogens is 444 g/mol. The Morgan fingerprint density at radius 3 is 1.97 bits per heavy atom. The van der Waals surface area contributed by atoms with Crippen LogP contribution in [0.4, 0.5) is 0 Å². The highest BCUT2D eigenvalue weighted by Gasteiger charge is 2.48. The van der Waals surface area contributed by atoms with Gasteiger partial charge in [-0.25, -0.2) is 13.2 Å². The van der Waals surface area contributed by atoms with E-state index in [9.17, 15) is 18.0 Å². The van der Waals surface area contributed by atoms with Gasteiger partial charge in [-0.15, -0.1) is 0 Å². The first-order valence-corrected chi connectivity index (χ1v) is 12.4. The molecule has 0 bridgehead atoms. The minimum absolute atomic E-state index is 0.193. The van der Waals surface area contributed by atoms with Crippen molar-refractivity contribution >= 4 is 21.9 Å². The zero-order chi connectivity index (χ0) is 25.9. The molecule has 1 amide bonds. The first kappa shape index (κ1) is 27.1. The number of sulfonamides is 1. The van der Waals surface area contributed by atoms with Gasteiger partial charge in [0, 0.05) is 26.1 Å². The summed E-state index contributed by atoms with van der Waals surface area (Å²) >= 11 is 0. The van der Waals surface area contributed by atoms with E-state index in [-0.39, 0.29) is 4.90 Å². The third-order valence-electron chi connectivity index (χ3n) is 7.05. The number of likely N-dealkylation sites (N-methyl/N-ethyl adjacent to an activating group) is 2. The van der Waals surface area contributed by atoms with E-state index in [2.05, 4.69) is 0 Å². The van der Waals surface area contributed by atoms with Crippen LogP contribution in [-0.2, 0) is 30.8 Å². The number of nitrogens with zero attached hydrogens (tertiary/aromatic N) is 2. The number of carbonyl (C=O) groups is 2. The van der Waals surface area contributed by atoms with Crippen LogP contribution in [0, 0.1) is 20.8 Å². The van der Waals surface area contributed by atoms with Gasteiger partial charge in [-0.3, -0.25) is 4.79 Å². The molecule has 0 fully saturated rings. The van der Waals surface area contributed by atoms with Gasteiger partial charge in [0.25, 0.3) is 0 Å². The Bertz CT molecular complexity index is 1100. The molecule has 1 aliphatic rings. The summed E-state index contributed by atoms with van der Waals surface area (Å²) in [5.41, 5.74) is -0.271. The highest BCUT2D eigenvalue weighted by Crippen LogP contribution is 2.44. The van der Waals surface area contributed by atoms with Crippen molar-refractivity contribution in [3.63, 3.8) is 0 Å². The standard InChI is InChI=1S/C24H38N2O6S/c1-14-15(2)19(16(3)17-13-22(4,5)32-18(14)17)33(29,30)26(11)23(6,7)20(27)25(10)24(8,9)21(28)31-12/h13H2,1-12H3. The summed E-state index contributed by atoms with van der Waals surface area (Å²) in [6, 6.07) is 0. The second-order valence-electron chi connectivity index (χ2n) is 10.5. The van der Waals surface area contributed by atoms with Crippen molar-refractivity contribution in [2.24, 2.45) is 0 Å². The van der Waals surface area contributed by atoms with Crippen LogP contribution in [0.5, 0.6) is 5.75 Å². The molecule has 9 heteroatoms. The molecule has 0 saturated carbocycles. The minimum Gasteiger partial charge on any atom is -0.487 e. The topological polar surface area (TPSA) is 93.2 Å². The summed E-state index contributed by atoms with van der Waals surface area (Å²) in [6.07, 6.45) is 0.597. The van der Waals surface area contributed by atoms with Gasteiger partial charge < -0.3 is 14.4 Å². The van der Waals surface area contributed by atoms with Crippen LogP contribution in [0.15, 0.2) is 4.90 Å². The van der Waals surface area contributed by atoms with Crippen molar-refractivity contribution < 1.29 is 27.5 Å². The van der Waals surface area contributed by atoms with Crippen molar-refractivity contribution in [3.8, 4) is 5.75 Å². The van der Waals surface area contributed by atoms with Gasteiger partial charge in [-0.1, -0.05) is 0 Å². The predicted octanol–water partition coefficient (Wildman–Crippen LogP) is 3.13. The monoisotopic (exact) mass is 482 g/mol. The van der Waals surface area contributed by atoms with Gasteiger partial charge in [0.05, 0.1) is 12.0 Å². The van der Waals surface area contributed by atoms with Crippen molar-refractivity contribution in [1.82, 2.24) is 9.21 Å². The molecule has 0 aromatic heterocycles. The van der Waals surface area contributed by atoms with Crippen LogP contribution < -0.4 is 4.74 Å². The molecular formula is C24H38N2O6S. The van der Waals surface area contributed by atoms with Gasteiger partial charge >= 0.3 is 5.97 Å². The number of methoxy groups -OCH3 is 1. The van der Waals surface area contributed by atoms with Gasteiger partial charge in [0.15, 0.2) is 0 Å². The van der Waals surface area contributed by atoms with Crippen LogP contribution in [-0.4, -0.2) is 67.4 Å². The fraction of sp³-hybridized carbons (Fsp3) is 0.667. The Kier molecular flexibility index (Phi) is 6.79. The maximum atomic E-state index is 13.9. The summed E-state index contributed by atoms with van der Waals surface area (Å²) in [4.78, 5) is 27.1. The Labute approximate surface area is 198 Å². The largest absolute Gasteiger partial charge is 0.487 e. The number of benzene rings is 1. The Morgan fingerprint density at radius 2 is 1.48 bits per heavy atom. The first-order chi connectivity index (χ1) is 14.7. The molecule has 1 aromatic rings. The molecule has 0 saturated heterocycles. The number of hydrogen-bond donors (Lipinski definition) is 0. The van der Waals surface area contributed by atoms with E-state index in [1.165, 1.54) is 40.0 Å². The lowest BCUT2D eigenvalue weighted by Crippen LogP contribution is -2.61. The summed E-state index contributed by atoms with van der Waals surface area (Å²) < 4.78 is 39.9. The van der Waals surface area contributed by atoms with E-state index in [0.717, 1.165) is 21.2 Å². The van der Waals surface area contributed by atoms with Crippen LogP contribution in [0.25, 0.3) is 0 Å². The normalized spacial score (nSPS) is 15.8. The number of hydrogen-bond acceptors (Lipinski definition) is 6. The molecule has 186 valence electrons. The summed E-state index contributed by atoms with van der Waals surface area (Å²) in [5.74, 6) is -0.378. The second kappa shape index (κ2) is 8.27. The van der Waals surface area contributed by atoms with E-state index >= 15 is 0 Å². The maximum Gasteiger partial charge on any atom is 0.331 e. The van der Waals surface area contributed by atoms with Crippen molar-refractivity contribution in [3.05, 3.63) is 22.3 Å². The predicted molar refractivity (Wildman–Crippen MR) is 127 cm³/mol. The lowest BCUT2D eigenvalue weighted by molar-refractivity contribution is -0.161. The number of rotatable bonds is 6. The molecule has 8 nitrogen and oxygen atoms in total. The Hall–Kier alpha value is -2.13. The highest BCUT2D eigenvalue weighted by atomic mass is 32.2. The molecule has 1 aromatic carbocycles. The lowest BCUT2D eigenvalue weighted by atomic mass is 9.94. The van der Waals surface area contributed by atoms with Gasteiger partial charge in [-0.2, -0.15) is 4.31 Å².